The third kappa shape index (κ3) is 2.42. The summed E-state index contributed by atoms with van der Waals surface area (Å²) in [6.07, 6.45) is 1.63. The SMILES string of the molecule is Fc1ccc(OCc2coc3cccc(Cl)c23)cc1. The molecule has 1 heterocycles. The van der Waals surface area contributed by atoms with E-state index in [0.717, 1.165) is 16.5 Å². The third-order valence-corrected chi connectivity index (χ3v) is 3.15. The quantitative estimate of drug-likeness (QED) is 0.685. The molecule has 19 heavy (non-hydrogen) atoms. The molecule has 0 saturated carbocycles. The molecule has 0 aliphatic heterocycles. The molecule has 0 aliphatic rings. The highest BCUT2D eigenvalue weighted by Crippen LogP contribution is 2.29. The lowest BCUT2D eigenvalue weighted by Crippen LogP contribution is -1.94. The molecule has 1 aromatic heterocycles. The minimum absolute atomic E-state index is 0.288. The topological polar surface area (TPSA) is 22.4 Å². The van der Waals surface area contributed by atoms with Crippen molar-refractivity contribution in [2.75, 3.05) is 0 Å². The Morgan fingerprint density at radius 2 is 1.89 bits per heavy atom. The highest BCUT2D eigenvalue weighted by molar-refractivity contribution is 6.35. The Morgan fingerprint density at radius 1 is 1.11 bits per heavy atom. The van der Waals surface area contributed by atoms with Crippen molar-refractivity contribution in [1.29, 1.82) is 0 Å². The van der Waals surface area contributed by atoms with Crippen LogP contribution < -0.4 is 4.74 Å². The minimum atomic E-state index is -0.288. The molecule has 0 saturated heterocycles. The van der Waals surface area contributed by atoms with Gasteiger partial charge in [0.25, 0.3) is 0 Å². The van der Waals surface area contributed by atoms with Gasteiger partial charge < -0.3 is 9.15 Å². The second-order valence-electron chi connectivity index (χ2n) is 4.12. The standard InChI is InChI=1S/C15H10ClFO2/c16-13-2-1-3-14-15(13)10(9-19-14)8-18-12-6-4-11(17)5-7-12/h1-7,9H,8H2. The molecule has 0 aliphatic carbocycles. The fraction of sp³-hybridized carbons (Fsp3) is 0.0667. The number of furan rings is 1. The average Bonchev–Trinajstić information content (AvgIpc) is 2.83. The summed E-state index contributed by atoms with van der Waals surface area (Å²) in [6.45, 7) is 0.322. The smallest absolute Gasteiger partial charge is 0.135 e. The monoisotopic (exact) mass is 276 g/mol. The van der Waals surface area contributed by atoms with Gasteiger partial charge in [0.15, 0.2) is 0 Å². The van der Waals surface area contributed by atoms with Crippen LogP contribution in [0, 0.1) is 5.82 Å². The van der Waals surface area contributed by atoms with Gasteiger partial charge in [-0.2, -0.15) is 0 Å². The Balaban J connectivity index is 1.84. The van der Waals surface area contributed by atoms with Crippen molar-refractivity contribution in [1.82, 2.24) is 0 Å². The highest BCUT2D eigenvalue weighted by Gasteiger charge is 2.09. The zero-order chi connectivity index (χ0) is 13.2. The van der Waals surface area contributed by atoms with Crippen molar-refractivity contribution in [2.24, 2.45) is 0 Å². The van der Waals surface area contributed by atoms with Gasteiger partial charge >= 0.3 is 0 Å². The maximum atomic E-state index is 12.8. The van der Waals surface area contributed by atoms with Crippen molar-refractivity contribution < 1.29 is 13.5 Å². The Labute approximate surface area is 114 Å². The van der Waals surface area contributed by atoms with Gasteiger partial charge in [-0.25, -0.2) is 4.39 Å². The number of halogens is 2. The summed E-state index contributed by atoms with van der Waals surface area (Å²) in [5, 5.41) is 1.48. The van der Waals surface area contributed by atoms with Crippen molar-refractivity contribution in [3.63, 3.8) is 0 Å². The lowest BCUT2D eigenvalue weighted by molar-refractivity contribution is 0.305. The van der Waals surface area contributed by atoms with Gasteiger partial charge in [-0.3, -0.25) is 0 Å². The molecule has 3 aromatic rings. The lowest BCUT2D eigenvalue weighted by atomic mass is 10.2. The fourth-order valence-corrected chi connectivity index (χ4v) is 2.19. The zero-order valence-corrected chi connectivity index (χ0v) is 10.7. The predicted molar refractivity (Wildman–Crippen MR) is 72.0 cm³/mol. The third-order valence-electron chi connectivity index (χ3n) is 2.83. The van der Waals surface area contributed by atoms with Crippen LogP contribution in [0.3, 0.4) is 0 Å². The first-order chi connectivity index (χ1) is 9.24. The van der Waals surface area contributed by atoms with Crippen LogP contribution in [0.2, 0.25) is 5.02 Å². The molecule has 2 aromatic carbocycles. The second-order valence-corrected chi connectivity index (χ2v) is 4.52. The van der Waals surface area contributed by atoms with Crippen LogP contribution in [-0.2, 0) is 6.61 Å². The molecule has 0 radical (unpaired) electrons. The summed E-state index contributed by atoms with van der Waals surface area (Å²) >= 11 is 6.14. The average molecular weight is 277 g/mol. The van der Waals surface area contributed by atoms with E-state index in [-0.39, 0.29) is 5.82 Å². The van der Waals surface area contributed by atoms with Crippen LogP contribution in [0.4, 0.5) is 4.39 Å². The van der Waals surface area contributed by atoms with Crippen LogP contribution in [-0.4, -0.2) is 0 Å². The number of benzene rings is 2. The molecular formula is C15H10ClFO2. The normalized spacial score (nSPS) is 10.8. The Morgan fingerprint density at radius 3 is 2.68 bits per heavy atom. The summed E-state index contributed by atoms with van der Waals surface area (Å²) in [7, 11) is 0. The number of fused-ring (bicyclic) bond motifs is 1. The molecule has 0 fully saturated rings. The minimum Gasteiger partial charge on any atom is -0.489 e. The first-order valence-electron chi connectivity index (χ1n) is 5.77. The lowest BCUT2D eigenvalue weighted by Gasteiger charge is -2.05. The van der Waals surface area contributed by atoms with E-state index in [1.165, 1.54) is 12.1 Å². The number of ether oxygens (including phenoxy) is 1. The van der Waals surface area contributed by atoms with E-state index in [9.17, 15) is 4.39 Å². The Bertz CT molecular complexity index is 704. The first kappa shape index (κ1) is 12.1. The summed E-state index contributed by atoms with van der Waals surface area (Å²) < 4.78 is 23.8. The van der Waals surface area contributed by atoms with E-state index >= 15 is 0 Å². The zero-order valence-electron chi connectivity index (χ0n) is 9.90. The Hall–Kier alpha value is -2.00. The van der Waals surface area contributed by atoms with Gasteiger partial charge in [0.05, 0.1) is 11.3 Å². The van der Waals surface area contributed by atoms with Gasteiger partial charge in [0, 0.05) is 10.9 Å². The van der Waals surface area contributed by atoms with E-state index in [4.69, 9.17) is 20.8 Å². The van der Waals surface area contributed by atoms with Crippen molar-refractivity contribution in [2.45, 2.75) is 6.61 Å². The molecule has 0 spiro atoms. The van der Waals surface area contributed by atoms with E-state index in [1.54, 1.807) is 24.5 Å². The maximum absolute atomic E-state index is 12.8. The second kappa shape index (κ2) is 4.94. The van der Waals surface area contributed by atoms with Gasteiger partial charge in [-0.1, -0.05) is 17.7 Å². The van der Waals surface area contributed by atoms with Crippen molar-refractivity contribution in [3.8, 4) is 5.75 Å². The first-order valence-corrected chi connectivity index (χ1v) is 6.15. The number of hydrogen-bond acceptors (Lipinski definition) is 2. The molecule has 0 unspecified atom stereocenters. The van der Waals surface area contributed by atoms with Crippen LogP contribution in [0.15, 0.2) is 53.1 Å². The molecular weight excluding hydrogens is 267 g/mol. The number of rotatable bonds is 3. The van der Waals surface area contributed by atoms with Crippen LogP contribution in [0.1, 0.15) is 5.56 Å². The molecule has 2 nitrogen and oxygen atoms in total. The molecule has 0 N–H and O–H groups in total. The highest BCUT2D eigenvalue weighted by atomic mass is 35.5. The van der Waals surface area contributed by atoms with Gasteiger partial charge in [-0.15, -0.1) is 0 Å². The summed E-state index contributed by atoms with van der Waals surface area (Å²) in [4.78, 5) is 0. The molecule has 0 amide bonds. The van der Waals surface area contributed by atoms with Crippen molar-refractivity contribution in [3.05, 3.63) is 65.1 Å². The van der Waals surface area contributed by atoms with E-state index < -0.39 is 0 Å². The van der Waals surface area contributed by atoms with Crippen molar-refractivity contribution >= 4 is 22.6 Å². The molecule has 0 bridgehead atoms. The largest absolute Gasteiger partial charge is 0.489 e. The number of hydrogen-bond donors (Lipinski definition) is 0. The van der Waals surface area contributed by atoms with Crippen LogP contribution >= 0.6 is 11.6 Å². The van der Waals surface area contributed by atoms with Crippen LogP contribution in [0.25, 0.3) is 11.0 Å². The van der Waals surface area contributed by atoms with E-state index in [1.807, 2.05) is 12.1 Å². The van der Waals surface area contributed by atoms with Crippen LogP contribution in [0.5, 0.6) is 5.75 Å². The Kier molecular flexibility index (Phi) is 3.13. The molecule has 3 rings (SSSR count). The molecule has 96 valence electrons. The summed E-state index contributed by atoms with van der Waals surface area (Å²) in [5.74, 6) is 0.312. The van der Waals surface area contributed by atoms with E-state index in [0.29, 0.717) is 17.4 Å². The van der Waals surface area contributed by atoms with Gasteiger partial charge in [0.2, 0.25) is 0 Å². The molecule has 4 heteroatoms. The van der Waals surface area contributed by atoms with E-state index in [2.05, 4.69) is 0 Å². The summed E-state index contributed by atoms with van der Waals surface area (Å²) in [6, 6.07) is 11.4. The predicted octanol–water partition coefficient (Wildman–Crippen LogP) is 4.80. The molecule has 0 atom stereocenters. The van der Waals surface area contributed by atoms with Gasteiger partial charge in [-0.05, 0) is 36.4 Å². The fourth-order valence-electron chi connectivity index (χ4n) is 1.91. The summed E-state index contributed by atoms with van der Waals surface area (Å²) in [5.41, 5.74) is 1.59. The van der Waals surface area contributed by atoms with Gasteiger partial charge in [0.1, 0.15) is 23.8 Å². The maximum Gasteiger partial charge on any atom is 0.135 e.